The van der Waals surface area contributed by atoms with E-state index in [4.69, 9.17) is 0 Å². The van der Waals surface area contributed by atoms with E-state index in [0.717, 1.165) is 25.8 Å². The molecule has 1 aliphatic carbocycles. The lowest BCUT2D eigenvalue weighted by atomic mass is 9.72. The second-order valence-electron chi connectivity index (χ2n) is 11.2. The van der Waals surface area contributed by atoms with Crippen molar-refractivity contribution in [1.29, 1.82) is 0 Å². The number of aliphatic hydroxyl groups excluding tert-OH is 1. The monoisotopic (exact) mass is 486 g/mol. The van der Waals surface area contributed by atoms with Crippen LogP contribution >= 0.6 is 0 Å². The quantitative estimate of drug-likeness (QED) is 0.410. The Labute approximate surface area is 198 Å². The first kappa shape index (κ1) is 26.4. The number of β-amino-alcohol motifs (C(OH)–C–C–N with tert-alkyl or cyclic N) is 1. The van der Waals surface area contributed by atoms with Crippen LogP contribution in [0.2, 0.25) is 0 Å². The molecule has 0 bridgehead atoms. The largest absolute Gasteiger partial charge is 0.390 e. The summed E-state index contributed by atoms with van der Waals surface area (Å²) in [6.07, 6.45) is 5.18. The molecular formula is C23H42N4O5S. The van der Waals surface area contributed by atoms with Gasteiger partial charge in [-0.15, -0.1) is 0 Å². The van der Waals surface area contributed by atoms with Crippen LogP contribution in [-0.4, -0.2) is 84.7 Å². The zero-order valence-electron chi connectivity index (χ0n) is 20.5. The maximum Gasteiger partial charge on any atom is 0.238 e. The van der Waals surface area contributed by atoms with Gasteiger partial charge >= 0.3 is 0 Å². The number of nitrogens with one attached hydrogen (secondary N) is 3. The van der Waals surface area contributed by atoms with Crippen LogP contribution in [0.1, 0.15) is 66.2 Å². The third-order valence-electron chi connectivity index (χ3n) is 7.24. The molecule has 3 rings (SSSR count). The minimum absolute atomic E-state index is 0.00355. The zero-order chi connectivity index (χ0) is 24.4. The van der Waals surface area contributed by atoms with Crippen LogP contribution < -0.4 is 16.0 Å². The van der Waals surface area contributed by atoms with Crippen molar-refractivity contribution in [2.75, 3.05) is 24.7 Å². The molecule has 190 valence electrons. The Kier molecular flexibility index (Phi) is 8.46. The van der Waals surface area contributed by atoms with Crippen LogP contribution in [-0.2, 0) is 19.4 Å². The molecule has 10 heteroatoms. The van der Waals surface area contributed by atoms with Crippen LogP contribution in [0.5, 0.6) is 0 Å². The molecule has 0 aromatic carbocycles. The molecule has 2 aliphatic heterocycles. The first-order valence-electron chi connectivity index (χ1n) is 12.4. The predicted molar refractivity (Wildman–Crippen MR) is 127 cm³/mol. The van der Waals surface area contributed by atoms with Gasteiger partial charge in [0, 0.05) is 18.6 Å². The fraction of sp³-hybridized carbons (Fsp3) is 0.913. The van der Waals surface area contributed by atoms with Gasteiger partial charge in [-0.05, 0) is 51.9 Å². The summed E-state index contributed by atoms with van der Waals surface area (Å²) < 4.78 is 23.4. The number of hydrogen-bond acceptors (Lipinski definition) is 7. The molecule has 2 amide bonds. The number of hydrogen-bond donors (Lipinski definition) is 4. The molecule has 0 aromatic rings. The highest BCUT2D eigenvalue weighted by Crippen LogP contribution is 2.38. The summed E-state index contributed by atoms with van der Waals surface area (Å²) in [5, 5.41) is 19.7. The number of likely N-dealkylation sites (tertiary alicyclic amines) is 1. The highest BCUT2D eigenvalue weighted by atomic mass is 32.2. The Hall–Kier alpha value is -1.23. The van der Waals surface area contributed by atoms with Gasteiger partial charge in [0.15, 0.2) is 9.84 Å². The predicted octanol–water partition coefficient (Wildman–Crippen LogP) is 0.382. The first-order valence-corrected chi connectivity index (χ1v) is 14.2. The van der Waals surface area contributed by atoms with E-state index in [2.05, 4.69) is 20.9 Å². The Balaban J connectivity index is 1.67. The third kappa shape index (κ3) is 7.13. The van der Waals surface area contributed by atoms with Crippen molar-refractivity contribution >= 4 is 21.7 Å². The molecule has 9 nitrogen and oxygen atoms in total. The summed E-state index contributed by atoms with van der Waals surface area (Å²) in [6.45, 7) is 8.85. The average Bonchev–Trinajstić information content (AvgIpc) is 3.09. The number of sulfone groups is 1. The molecule has 0 radical (unpaired) electrons. The number of amides is 2. The lowest BCUT2D eigenvalue weighted by Crippen LogP contribution is -2.60. The van der Waals surface area contributed by atoms with Crippen molar-refractivity contribution < 1.29 is 23.1 Å². The highest BCUT2D eigenvalue weighted by Gasteiger charge is 2.42. The van der Waals surface area contributed by atoms with Gasteiger partial charge in [0.2, 0.25) is 11.8 Å². The summed E-state index contributed by atoms with van der Waals surface area (Å²) in [5.74, 6) is 0.235. The van der Waals surface area contributed by atoms with Crippen LogP contribution in [0.4, 0.5) is 0 Å². The van der Waals surface area contributed by atoms with E-state index >= 15 is 0 Å². The SMILES string of the molecule is CCC(NC(=O)C1CS(=O)(=O)CN1)C(O)CN1CC2CCCCC2CC1C(=O)NC(C)(C)C. The summed E-state index contributed by atoms with van der Waals surface area (Å²) >= 11 is 0. The molecule has 0 aromatic heterocycles. The van der Waals surface area contributed by atoms with Gasteiger partial charge in [-0.2, -0.15) is 0 Å². The molecule has 3 fully saturated rings. The van der Waals surface area contributed by atoms with Crippen molar-refractivity contribution in [3.8, 4) is 0 Å². The molecule has 1 saturated carbocycles. The van der Waals surface area contributed by atoms with Gasteiger partial charge in [-0.1, -0.05) is 26.2 Å². The Morgan fingerprint density at radius 1 is 1.15 bits per heavy atom. The van der Waals surface area contributed by atoms with Crippen LogP contribution in [0, 0.1) is 11.8 Å². The van der Waals surface area contributed by atoms with Crippen molar-refractivity contribution in [2.45, 2.75) is 96.0 Å². The summed E-state index contributed by atoms with van der Waals surface area (Å²) in [4.78, 5) is 27.9. The van der Waals surface area contributed by atoms with Gasteiger partial charge in [-0.3, -0.25) is 19.8 Å². The van der Waals surface area contributed by atoms with Crippen LogP contribution in [0.15, 0.2) is 0 Å². The van der Waals surface area contributed by atoms with Gasteiger partial charge in [-0.25, -0.2) is 8.42 Å². The normalized spacial score (nSPS) is 31.9. The molecule has 2 saturated heterocycles. The number of aliphatic hydroxyl groups is 1. The minimum Gasteiger partial charge on any atom is -0.390 e. The number of carbonyl (C=O) groups excluding carboxylic acids is 2. The van der Waals surface area contributed by atoms with Crippen molar-refractivity contribution in [3.05, 3.63) is 0 Å². The zero-order valence-corrected chi connectivity index (χ0v) is 21.3. The standard InChI is InChI=1S/C23H42N4O5S/c1-5-17(25-21(29)18-13-33(31,32)14-24-18)20(28)12-27-11-16-9-7-6-8-15(16)10-19(27)22(30)26-23(2,3)4/h15-20,24,28H,5-14H2,1-4H3,(H,25,29)(H,26,30). The molecule has 6 atom stereocenters. The molecular weight excluding hydrogens is 444 g/mol. The average molecular weight is 487 g/mol. The lowest BCUT2D eigenvalue weighted by molar-refractivity contribution is -0.133. The van der Waals surface area contributed by atoms with Crippen molar-refractivity contribution in [2.24, 2.45) is 11.8 Å². The summed E-state index contributed by atoms with van der Waals surface area (Å²) in [6, 6.07) is -1.61. The minimum atomic E-state index is -3.26. The highest BCUT2D eigenvalue weighted by molar-refractivity contribution is 7.91. The van der Waals surface area contributed by atoms with E-state index in [0.29, 0.717) is 24.8 Å². The van der Waals surface area contributed by atoms with Gasteiger partial charge in [0.1, 0.15) is 6.04 Å². The molecule has 4 N–H and O–H groups in total. The molecule has 6 unspecified atom stereocenters. The van der Waals surface area contributed by atoms with E-state index in [1.54, 1.807) is 0 Å². The van der Waals surface area contributed by atoms with Gasteiger partial charge in [0.25, 0.3) is 0 Å². The maximum atomic E-state index is 13.2. The van der Waals surface area contributed by atoms with Gasteiger partial charge < -0.3 is 15.7 Å². The Morgan fingerprint density at radius 3 is 2.39 bits per heavy atom. The topological polar surface area (TPSA) is 128 Å². The summed E-state index contributed by atoms with van der Waals surface area (Å²) in [5.41, 5.74) is -0.334. The second-order valence-corrected chi connectivity index (χ2v) is 13.3. The third-order valence-corrected chi connectivity index (χ3v) is 8.69. The second kappa shape index (κ2) is 10.6. The Bertz CT molecular complexity index is 812. The van der Waals surface area contributed by atoms with Gasteiger partial charge in [0.05, 0.1) is 29.8 Å². The maximum absolute atomic E-state index is 13.2. The fourth-order valence-electron chi connectivity index (χ4n) is 5.52. The lowest BCUT2D eigenvalue weighted by Gasteiger charge is -2.47. The molecule has 0 spiro atoms. The smallest absolute Gasteiger partial charge is 0.238 e. The van der Waals surface area contributed by atoms with E-state index in [9.17, 15) is 23.1 Å². The number of nitrogens with zero attached hydrogens (tertiary/aromatic N) is 1. The molecule has 3 aliphatic rings. The van der Waals surface area contributed by atoms with E-state index in [1.807, 2.05) is 27.7 Å². The number of rotatable bonds is 7. The number of piperidine rings is 1. The first-order chi connectivity index (χ1) is 15.4. The number of fused-ring (bicyclic) bond motifs is 1. The van der Waals surface area contributed by atoms with Crippen LogP contribution in [0.25, 0.3) is 0 Å². The van der Waals surface area contributed by atoms with E-state index < -0.39 is 33.9 Å². The summed E-state index contributed by atoms with van der Waals surface area (Å²) in [7, 11) is -3.26. The van der Waals surface area contributed by atoms with Crippen molar-refractivity contribution in [3.63, 3.8) is 0 Å². The fourth-order valence-corrected chi connectivity index (χ4v) is 6.87. The molecule has 2 heterocycles. The van der Waals surface area contributed by atoms with Crippen LogP contribution in [0.3, 0.4) is 0 Å². The van der Waals surface area contributed by atoms with E-state index in [1.165, 1.54) is 12.8 Å². The van der Waals surface area contributed by atoms with E-state index in [-0.39, 0.29) is 29.1 Å². The number of carbonyl (C=O) groups is 2. The molecule has 33 heavy (non-hydrogen) atoms. The van der Waals surface area contributed by atoms with Crippen molar-refractivity contribution in [1.82, 2.24) is 20.9 Å². The Morgan fingerprint density at radius 2 is 1.82 bits per heavy atom.